The van der Waals surface area contributed by atoms with Crippen LogP contribution in [0.15, 0.2) is 48.7 Å². The van der Waals surface area contributed by atoms with Crippen LogP contribution in [0.3, 0.4) is 0 Å². The number of carbonyl (C=O) groups excluding carboxylic acids is 1. The maximum Gasteiger partial charge on any atom is 0.417 e. The minimum Gasteiger partial charge on any atom is -0.354 e. The number of para-hydroxylation sites is 1. The lowest BCUT2D eigenvalue weighted by Crippen LogP contribution is -2.48. The van der Waals surface area contributed by atoms with Gasteiger partial charge in [0.2, 0.25) is 5.91 Å². The summed E-state index contributed by atoms with van der Waals surface area (Å²) in [6, 6.07) is 11.7. The summed E-state index contributed by atoms with van der Waals surface area (Å²) in [4.78, 5) is 19.9. The van der Waals surface area contributed by atoms with E-state index in [0.717, 1.165) is 18.0 Å². The van der Waals surface area contributed by atoms with E-state index in [1.165, 1.54) is 6.07 Å². The molecule has 1 amide bonds. The fraction of sp³-hybridized carbons (Fsp3) is 0.333. The van der Waals surface area contributed by atoms with Gasteiger partial charge >= 0.3 is 6.18 Å². The van der Waals surface area contributed by atoms with E-state index in [9.17, 15) is 18.0 Å². The van der Waals surface area contributed by atoms with Crippen molar-refractivity contribution in [1.82, 2.24) is 9.88 Å². The molecule has 1 saturated heterocycles. The van der Waals surface area contributed by atoms with Gasteiger partial charge in [0.25, 0.3) is 0 Å². The second-order valence-electron chi connectivity index (χ2n) is 6.08. The van der Waals surface area contributed by atoms with Gasteiger partial charge in [0, 0.05) is 38.1 Å². The van der Waals surface area contributed by atoms with Crippen molar-refractivity contribution in [2.45, 2.75) is 6.18 Å². The Bertz CT molecular complexity index is 726. The molecule has 0 saturated carbocycles. The van der Waals surface area contributed by atoms with E-state index < -0.39 is 11.7 Å². The molecule has 1 fully saturated rings. The Kier molecular flexibility index (Phi) is 5.41. The normalized spacial score (nSPS) is 15.7. The van der Waals surface area contributed by atoms with Crippen LogP contribution in [-0.4, -0.2) is 48.5 Å². The zero-order valence-electron chi connectivity index (χ0n) is 14.0. The first kappa shape index (κ1) is 18.2. The number of anilines is 2. The second-order valence-corrected chi connectivity index (χ2v) is 6.08. The molecule has 0 spiro atoms. The van der Waals surface area contributed by atoms with Gasteiger partial charge in [-0.05, 0) is 24.3 Å². The smallest absolute Gasteiger partial charge is 0.354 e. The summed E-state index contributed by atoms with van der Waals surface area (Å²) in [6.07, 6.45) is -3.52. The van der Waals surface area contributed by atoms with Gasteiger partial charge in [-0.2, -0.15) is 13.2 Å². The molecule has 1 aliphatic rings. The van der Waals surface area contributed by atoms with Crippen molar-refractivity contribution in [3.63, 3.8) is 0 Å². The molecule has 1 N–H and O–H groups in total. The number of hydrogen-bond acceptors (Lipinski definition) is 4. The fourth-order valence-electron chi connectivity index (χ4n) is 2.80. The molecule has 2 aromatic rings. The van der Waals surface area contributed by atoms with Crippen molar-refractivity contribution in [3.05, 3.63) is 54.2 Å². The molecule has 138 valence electrons. The van der Waals surface area contributed by atoms with Gasteiger partial charge in [0.05, 0.1) is 12.1 Å². The zero-order chi connectivity index (χ0) is 18.6. The van der Waals surface area contributed by atoms with E-state index in [0.29, 0.717) is 32.0 Å². The van der Waals surface area contributed by atoms with Gasteiger partial charge in [-0.3, -0.25) is 9.69 Å². The third-order valence-corrected chi connectivity index (χ3v) is 4.20. The Balaban J connectivity index is 1.49. The Morgan fingerprint density at radius 3 is 2.31 bits per heavy atom. The van der Waals surface area contributed by atoms with Crippen molar-refractivity contribution < 1.29 is 18.0 Å². The molecular weight excluding hydrogens is 345 g/mol. The third kappa shape index (κ3) is 4.72. The van der Waals surface area contributed by atoms with Crippen LogP contribution >= 0.6 is 0 Å². The summed E-state index contributed by atoms with van der Waals surface area (Å²) in [5.41, 5.74) is 0.00237. The minimum atomic E-state index is -4.38. The number of piperazine rings is 1. The fourth-order valence-corrected chi connectivity index (χ4v) is 2.80. The SMILES string of the molecule is O=C(CN1CCN(c2ccc(C(F)(F)F)cn2)CC1)Nc1ccccc1. The lowest BCUT2D eigenvalue weighted by atomic mass is 10.2. The number of hydrogen-bond donors (Lipinski definition) is 1. The first-order valence-corrected chi connectivity index (χ1v) is 8.27. The number of halogens is 3. The molecule has 1 aromatic heterocycles. The van der Waals surface area contributed by atoms with Gasteiger partial charge in [-0.25, -0.2) is 4.98 Å². The molecule has 26 heavy (non-hydrogen) atoms. The molecule has 2 heterocycles. The zero-order valence-corrected chi connectivity index (χ0v) is 14.0. The van der Waals surface area contributed by atoms with E-state index in [1.807, 2.05) is 40.1 Å². The van der Waals surface area contributed by atoms with Crippen LogP contribution in [0.5, 0.6) is 0 Å². The highest BCUT2D eigenvalue weighted by molar-refractivity contribution is 5.92. The van der Waals surface area contributed by atoms with Gasteiger partial charge < -0.3 is 10.2 Å². The van der Waals surface area contributed by atoms with Crippen LogP contribution in [0.4, 0.5) is 24.7 Å². The van der Waals surface area contributed by atoms with Crippen LogP contribution < -0.4 is 10.2 Å². The van der Waals surface area contributed by atoms with E-state index >= 15 is 0 Å². The highest BCUT2D eigenvalue weighted by Crippen LogP contribution is 2.29. The number of aromatic nitrogens is 1. The molecule has 1 aromatic carbocycles. The molecule has 0 aliphatic carbocycles. The van der Waals surface area contributed by atoms with Crippen LogP contribution in [0.1, 0.15) is 5.56 Å². The monoisotopic (exact) mass is 364 g/mol. The average molecular weight is 364 g/mol. The van der Waals surface area contributed by atoms with Crippen LogP contribution in [0, 0.1) is 0 Å². The lowest BCUT2D eigenvalue weighted by molar-refractivity contribution is -0.137. The maximum atomic E-state index is 12.6. The number of carbonyl (C=O) groups is 1. The van der Waals surface area contributed by atoms with Crippen LogP contribution in [0.2, 0.25) is 0 Å². The second kappa shape index (κ2) is 7.74. The quantitative estimate of drug-likeness (QED) is 0.906. The first-order chi connectivity index (χ1) is 12.4. The largest absolute Gasteiger partial charge is 0.417 e. The lowest BCUT2D eigenvalue weighted by Gasteiger charge is -2.35. The average Bonchev–Trinajstić information content (AvgIpc) is 2.62. The summed E-state index contributed by atoms with van der Waals surface area (Å²) in [7, 11) is 0. The number of amides is 1. The van der Waals surface area contributed by atoms with Crippen molar-refractivity contribution in [3.8, 4) is 0 Å². The molecule has 0 unspecified atom stereocenters. The van der Waals surface area contributed by atoms with Crippen molar-refractivity contribution >= 4 is 17.4 Å². The summed E-state index contributed by atoms with van der Waals surface area (Å²) < 4.78 is 37.8. The van der Waals surface area contributed by atoms with Crippen molar-refractivity contribution in [2.75, 3.05) is 42.9 Å². The maximum absolute atomic E-state index is 12.6. The summed E-state index contributed by atoms with van der Waals surface area (Å²) in [5.74, 6) is 0.434. The number of pyridine rings is 1. The highest BCUT2D eigenvalue weighted by Gasteiger charge is 2.31. The predicted octanol–water partition coefficient (Wildman–Crippen LogP) is 2.86. The van der Waals surface area contributed by atoms with E-state index in [2.05, 4.69) is 10.3 Å². The Hall–Kier alpha value is -2.61. The Morgan fingerprint density at radius 1 is 1.04 bits per heavy atom. The van der Waals surface area contributed by atoms with Crippen LogP contribution in [-0.2, 0) is 11.0 Å². The van der Waals surface area contributed by atoms with E-state index in [4.69, 9.17) is 0 Å². The molecule has 5 nitrogen and oxygen atoms in total. The van der Waals surface area contributed by atoms with E-state index in [-0.39, 0.29) is 12.5 Å². The standard InChI is InChI=1S/C18H19F3N4O/c19-18(20,21)14-6-7-16(22-12-14)25-10-8-24(9-11-25)13-17(26)23-15-4-2-1-3-5-15/h1-7,12H,8-11,13H2,(H,23,26). The molecular formula is C18H19F3N4O. The number of alkyl halides is 3. The first-order valence-electron chi connectivity index (χ1n) is 8.27. The van der Waals surface area contributed by atoms with Crippen LogP contribution in [0.25, 0.3) is 0 Å². The molecule has 8 heteroatoms. The topological polar surface area (TPSA) is 48.5 Å². The molecule has 1 aliphatic heterocycles. The molecule has 0 bridgehead atoms. The van der Waals surface area contributed by atoms with Crippen molar-refractivity contribution in [2.24, 2.45) is 0 Å². The highest BCUT2D eigenvalue weighted by atomic mass is 19.4. The van der Waals surface area contributed by atoms with Crippen molar-refractivity contribution in [1.29, 1.82) is 0 Å². The summed E-state index contributed by atoms with van der Waals surface area (Å²) >= 11 is 0. The molecule has 0 radical (unpaired) electrons. The van der Waals surface area contributed by atoms with E-state index in [1.54, 1.807) is 0 Å². The summed E-state index contributed by atoms with van der Waals surface area (Å²) in [6.45, 7) is 2.78. The van der Waals surface area contributed by atoms with Gasteiger partial charge in [-0.15, -0.1) is 0 Å². The van der Waals surface area contributed by atoms with Gasteiger partial charge in [-0.1, -0.05) is 18.2 Å². The minimum absolute atomic E-state index is 0.0858. The Labute approximate surface area is 149 Å². The van der Waals surface area contributed by atoms with Gasteiger partial charge in [0.15, 0.2) is 0 Å². The molecule has 3 rings (SSSR count). The summed E-state index contributed by atoms with van der Waals surface area (Å²) in [5, 5.41) is 2.84. The predicted molar refractivity (Wildman–Crippen MR) is 93.0 cm³/mol. The number of nitrogens with zero attached hydrogens (tertiary/aromatic N) is 3. The Morgan fingerprint density at radius 2 is 1.73 bits per heavy atom. The third-order valence-electron chi connectivity index (χ3n) is 4.20. The number of benzene rings is 1. The number of nitrogens with one attached hydrogen (secondary N) is 1. The molecule has 0 atom stereocenters. The van der Waals surface area contributed by atoms with Gasteiger partial charge in [0.1, 0.15) is 5.82 Å². The number of rotatable bonds is 4.